The third kappa shape index (κ3) is 10.6. The van der Waals surface area contributed by atoms with Crippen LogP contribution >= 0.6 is 0 Å². The molecule has 2 amide bonds. The normalized spacial score (nSPS) is 21.1. The number of aryl methyl sites for hydroxylation is 1. The molecular formula is C30H44F3N5O7S. The number of imidazole rings is 1. The van der Waals surface area contributed by atoms with E-state index in [9.17, 15) is 36.3 Å². The summed E-state index contributed by atoms with van der Waals surface area (Å²) in [4.78, 5) is 33.2. The van der Waals surface area contributed by atoms with Gasteiger partial charge in [0.2, 0.25) is 5.91 Å². The summed E-state index contributed by atoms with van der Waals surface area (Å²) in [5.74, 6) is -1.40. The number of hydrogen-bond donors (Lipinski definition) is 2. The second-order valence-electron chi connectivity index (χ2n) is 11.9. The zero-order valence-corrected chi connectivity index (χ0v) is 27.6. The van der Waals surface area contributed by atoms with Crippen LogP contribution in [0, 0.1) is 5.92 Å². The quantitative estimate of drug-likeness (QED) is 0.409. The number of sulfonamides is 1. The summed E-state index contributed by atoms with van der Waals surface area (Å²) in [7, 11) is -1.03. The van der Waals surface area contributed by atoms with Crippen LogP contribution in [0.3, 0.4) is 0 Å². The van der Waals surface area contributed by atoms with E-state index in [4.69, 9.17) is 9.47 Å². The molecule has 4 atom stereocenters. The molecule has 1 aliphatic rings. The summed E-state index contributed by atoms with van der Waals surface area (Å²) in [5.41, 5.74) is 0.162. The van der Waals surface area contributed by atoms with Gasteiger partial charge in [0, 0.05) is 58.0 Å². The number of aliphatic hydroxyl groups excluding tert-OH is 1. The minimum atomic E-state index is -4.46. The molecule has 2 N–H and O–H groups in total. The molecule has 3 rings (SSSR count). The third-order valence-electron chi connectivity index (χ3n) is 7.76. The maximum atomic E-state index is 14.2. The highest BCUT2D eigenvalue weighted by atomic mass is 32.2. The predicted molar refractivity (Wildman–Crippen MR) is 164 cm³/mol. The van der Waals surface area contributed by atoms with E-state index in [0.717, 1.165) is 0 Å². The highest BCUT2D eigenvalue weighted by Crippen LogP contribution is 2.29. The number of aliphatic hydroxyl groups is 1. The minimum Gasteiger partial charge on any atom is -0.490 e. The number of halogens is 3. The number of carbonyl (C=O) groups excluding carboxylic acids is 2. The molecule has 0 spiro atoms. The first-order chi connectivity index (χ1) is 21.5. The molecule has 0 fully saturated rings. The molecule has 12 nitrogen and oxygen atoms in total. The Bertz CT molecular complexity index is 1440. The molecule has 0 aliphatic carbocycles. The summed E-state index contributed by atoms with van der Waals surface area (Å²) < 4.78 is 80.4. The second kappa shape index (κ2) is 16.0. The van der Waals surface area contributed by atoms with Crippen LogP contribution in [0.25, 0.3) is 0 Å². The van der Waals surface area contributed by atoms with Crippen molar-refractivity contribution in [2.45, 2.75) is 82.3 Å². The molecule has 16 heteroatoms. The lowest BCUT2D eigenvalue weighted by Crippen LogP contribution is -2.48. The van der Waals surface area contributed by atoms with Crippen molar-refractivity contribution >= 4 is 27.5 Å². The van der Waals surface area contributed by atoms with E-state index in [2.05, 4.69) is 9.71 Å². The van der Waals surface area contributed by atoms with Gasteiger partial charge >= 0.3 is 6.18 Å². The van der Waals surface area contributed by atoms with Crippen molar-refractivity contribution in [3.05, 3.63) is 36.3 Å². The molecule has 0 saturated carbocycles. The van der Waals surface area contributed by atoms with Gasteiger partial charge in [-0.25, -0.2) is 4.98 Å². The topological polar surface area (TPSA) is 143 Å². The van der Waals surface area contributed by atoms with Crippen molar-refractivity contribution in [1.29, 1.82) is 0 Å². The Labute approximate surface area is 267 Å². The fourth-order valence-electron chi connectivity index (χ4n) is 4.99. The Morgan fingerprint density at radius 2 is 1.98 bits per heavy atom. The van der Waals surface area contributed by atoms with Crippen LogP contribution in [0.2, 0.25) is 0 Å². The van der Waals surface area contributed by atoms with E-state index in [1.165, 1.54) is 52.1 Å². The van der Waals surface area contributed by atoms with Crippen LogP contribution in [0.4, 0.5) is 18.9 Å². The third-order valence-corrected chi connectivity index (χ3v) is 9.03. The van der Waals surface area contributed by atoms with Gasteiger partial charge in [-0.1, -0.05) is 6.92 Å². The zero-order valence-electron chi connectivity index (χ0n) is 26.8. The molecule has 258 valence electrons. The van der Waals surface area contributed by atoms with Crippen LogP contribution in [0.15, 0.2) is 35.7 Å². The summed E-state index contributed by atoms with van der Waals surface area (Å²) in [6.07, 6.45) is -2.67. The van der Waals surface area contributed by atoms with Gasteiger partial charge in [-0.05, 0) is 51.3 Å². The number of likely N-dealkylation sites (N-methyl/N-ethyl adjacent to an activating group) is 1. The standard InChI is InChI=1S/C30H44F3N5O7S/c1-20-15-38(21(2)18-39)29(41)24-14-23(35-46(42,43)27-17-36(4)19-34-27)9-10-25(24)45-22(3)8-6-7-13-44-26(20)16-37(5)28(40)11-12-30(31,32)33/h9-10,14,17,19-22,26,35,39H,6-8,11-13,15-16,18H2,1-5H3/t20-,21+,22-,26+/m0/s1. The molecule has 1 aliphatic heterocycles. The van der Waals surface area contributed by atoms with Crippen molar-refractivity contribution in [3.8, 4) is 5.75 Å². The molecule has 2 aromatic rings. The molecule has 0 unspecified atom stereocenters. The first kappa shape index (κ1) is 37.1. The Balaban J connectivity index is 1.95. The van der Waals surface area contributed by atoms with E-state index in [-0.39, 0.29) is 41.2 Å². The Kier molecular flexibility index (Phi) is 12.9. The number of nitrogens with zero attached hydrogens (tertiary/aromatic N) is 4. The highest BCUT2D eigenvalue weighted by molar-refractivity contribution is 7.92. The monoisotopic (exact) mass is 675 g/mol. The highest BCUT2D eigenvalue weighted by Gasteiger charge is 2.33. The van der Waals surface area contributed by atoms with Gasteiger partial charge in [0.15, 0.2) is 5.03 Å². The zero-order chi connectivity index (χ0) is 34.2. The first-order valence-corrected chi connectivity index (χ1v) is 16.6. The SMILES string of the molecule is C[C@H](CO)N1C[C@H](C)[C@@H](CN(C)C(=O)CCC(F)(F)F)OCCCC[C@H](C)Oc2ccc(NS(=O)(=O)c3cn(C)cn3)cc2C1=O. The van der Waals surface area contributed by atoms with E-state index >= 15 is 0 Å². The minimum absolute atomic E-state index is 0.00292. The molecule has 0 saturated heterocycles. The van der Waals surface area contributed by atoms with Crippen LogP contribution < -0.4 is 9.46 Å². The van der Waals surface area contributed by atoms with Crippen LogP contribution in [0.1, 0.15) is 63.2 Å². The fraction of sp³-hybridized carbons (Fsp3) is 0.633. The Morgan fingerprint density at radius 3 is 2.61 bits per heavy atom. The molecular weight excluding hydrogens is 631 g/mol. The number of benzene rings is 1. The Morgan fingerprint density at radius 1 is 1.26 bits per heavy atom. The molecule has 0 radical (unpaired) electrons. The number of nitrogens with one attached hydrogen (secondary N) is 1. The lowest BCUT2D eigenvalue weighted by atomic mass is 10.0. The van der Waals surface area contributed by atoms with E-state index < -0.39 is 65.5 Å². The number of anilines is 1. The maximum Gasteiger partial charge on any atom is 0.389 e. The van der Waals surface area contributed by atoms with E-state index in [1.807, 2.05) is 6.92 Å². The van der Waals surface area contributed by atoms with Gasteiger partial charge in [-0.2, -0.15) is 21.6 Å². The molecule has 2 heterocycles. The molecule has 0 bridgehead atoms. The van der Waals surface area contributed by atoms with Crippen molar-refractivity contribution in [1.82, 2.24) is 19.4 Å². The first-order valence-electron chi connectivity index (χ1n) is 15.2. The van der Waals surface area contributed by atoms with Crippen molar-refractivity contribution in [2.75, 3.05) is 38.1 Å². The van der Waals surface area contributed by atoms with Crippen LogP contribution in [-0.2, 0) is 26.6 Å². The number of ether oxygens (including phenoxy) is 2. The fourth-order valence-corrected chi connectivity index (χ4v) is 6.03. The lowest BCUT2D eigenvalue weighted by molar-refractivity contribution is -0.149. The van der Waals surface area contributed by atoms with Crippen molar-refractivity contribution < 1.29 is 45.8 Å². The van der Waals surface area contributed by atoms with Crippen molar-refractivity contribution in [2.24, 2.45) is 13.0 Å². The van der Waals surface area contributed by atoms with E-state index in [1.54, 1.807) is 20.9 Å². The molecule has 1 aromatic heterocycles. The van der Waals surface area contributed by atoms with Gasteiger partial charge in [-0.3, -0.25) is 14.3 Å². The predicted octanol–water partition coefficient (Wildman–Crippen LogP) is 3.82. The average Bonchev–Trinajstić information content (AvgIpc) is 3.44. The van der Waals surface area contributed by atoms with Gasteiger partial charge in [-0.15, -0.1) is 0 Å². The van der Waals surface area contributed by atoms with Crippen molar-refractivity contribution in [3.63, 3.8) is 0 Å². The van der Waals surface area contributed by atoms with E-state index in [0.29, 0.717) is 25.9 Å². The van der Waals surface area contributed by atoms with Gasteiger partial charge in [0.25, 0.3) is 15.9 Å². The number of hydrogen-bond acceptors (Lipinski definition) is 8. The van der Waals surface area contributed by atoms with Gasteiger partial charge in [0.05, 0.1) is 43.2 Å². The number of carbonyl (C=O) groups is 2. The van der Waals surface area contributed by atoms with Gasteiger partial charge < -0.3 is 28.9 Å². The average molecular weight is 676 g/mol. The largest absolute Gasteiger partial charge is 0.490 e. The summed E-state index contributed by atoms with van der Waals surface area (Å²) in [5, 5.41) is 9.89. The maximum absolute atomic E-state index is 14.2. The smallest absolute Gasteiger partial charge is 0.389 e. The van der Waals surface area contributed by atoms with Gasteiger partial charge in [0.1, 0.15) is 5.75 Å². The lowest BCUT2D eigenvalue weighted by Gasteiger charge is -2.36. The summed E-state index contributed by atoms with van der Waals surface area (Å²) in [6, 6.07) is 3.69. The number of amides is 2. The molecule has 46 heavy (non-hydrogen) atoms. The van der Waals surface area contributed by atoms with Crippen LogP contribution in [-0.4, -0.2) is 102 Å². The number of aromatic nitrogens is 2. The number of rotatable bonds is 9. The molecule has 1 aromatic carbocycles. The number of alkyl halides is 3. The Hall–Kier alpha value is -3.37. The second-order valence-corrected chi connectivity index (χ2v) is 13.5. The number of fused-ring (bicyclic) bond motifs is 1. The van der Waals surface area contributed by atoms with Crippen LogP contribution in [0.5, 0.6) is 5.75 Å². The summed E-state index contributed by atoms with van der Waals surface area (Å²) in [6.45, 7) is 5.28. The summed E-state index contributed by atoms with van der Waals surface area (Å²) >= 11 is 0.